The maximum Gasteiger partial charge on any atom is 0.243 e. The first-order chi connectivity index (χ1) is 10.7. The van der Waals surface area contributed by atoms with Gasteiger partial charge in [0.2, 0.25) is 11.7 Å². The van der Waals surface area contributed by atoms with Crippen LogP contribution in [0.2, 0.25) is 5.02 Å². The highest BCUT2D eigenvalue weighted by Crippen LogP contribution is 2.16. The number of hydrogen-bond donors (Lipinski definition) is 1. The van der Waals surface area contributed by atoms with E-state index in [1.165, 1.54) is 4.80 Å². The number of benzene rings is 1. The Bertz CT molecular complexity index is 637. The molecule has 1 fully saturated rings. The largest absolute Gasteiger partial charge is 0.376 e. The number of tetrazole rings is 1. The first kappa shape index (κ1) is 14.9. The van der Waals surface area contributed by atoms with Gasteiger partial charge in [-0.1, -0.05) is 11.6 Å². The first-order valence-corrected chi connectivity index (χ1v) is 7.50. The Kier molecular flexibility index (Phi) is 4.65. The van der Waals surface area contributed by atoms with Gasteiger partial charge in [-0.25, -0.2) is 0 Å². The van der Waals surface area contributed by atoms with Gasteiger partial charge in [-0.3, -0.25) is 4.79 Å². The molecule has 1 aliphatic rings. The van der Waals surface area contributed by atoms with Gasteiger partial charge in [-0.15, -0.1) is 10.2 Å². The van der Waals surface area contributed by atoms with Crippen molar-refractivity contribution in [3.63, 3.8) is 0 Å². The van der Waals surface area contributed by atoms with Crippen molar-refractivity contribution in [2.75, 3.05) is 13.2 Å². The number of rotatable bonds is 5. The van der Waals surface area contributed by atoms with Crippen LogP contribution in [0.4, 0.5) is 0 Å². The molecule has 0 saturated carbocycles. The highest BCUT2D eigenvalue weighted by Gasteiger charge is 2.16. The molecule has 2 heterocycles. The van der Waals surface area contributed by atoms with E-state index in [0.29, 0.717) is 17.4 Å². The van der Waals surface area contributed by atoms with Crippen LogP contribution < -0.4 is 5.32 Å². The summed E-state index contributed by atoms with van der Waals surface area (Å²) in [6.07, 6.45) is 2.16. The van der Waals surface area contributed by atoms with Crippen molar-refractivity contribution in [2.24, 2.45) is 0 Å². The predicted octanol–water partition coefficient (Wildman–Crippen LogP) is 1.29. The number of nitrogens with zero attached hydrogens (tertiary/aromatic N) is 4. The highest BCUT2D eigenvalue weighted by atomic mass is 35.5. The third kappa shape index (κ3) is 3.80. The lowest BCUT2D eigenvalue weighted by Gasteiger charge is -2.10. The summed E-state index contributed by atoms with van der Waals surface area (Å²) in [6.45, 7) is 1.33. The fourth-order valence-electron chi connectivity index (χ4n) is 2.24. The molecule has 0 bridgehead atoms. The fourth-order valence-corrected chi connectivity index (χ4v) is 2.37. The molecule has 0 spiro atoms. The molecule has 116 valence electrons. The van der Waals surface area contributed by atoms with Crippen molar-refractivity contribution in [1.82, 2.24) is 25.5 Å². The van der Waals surface area contributed by atoms with E-state index in [-0.39, 0.29) is 18.6 Å². The minimum Gasteiger partial charge on any atom is -0.376 e. The number of amides is 1. The lowest BCUT2D eigenvalue weighted by molar-refractivity contribution is -0.122. The first-order valence-electron chi connectivity index (χ1n) is 7.13. The van der Waals surface area contributed by atoms with Crippen LogP contribution in [0.5, 0.6) is 0 Å². The molecule has 1 atom stereocenters. The summed E-state index contributed by atoms with van der Waals surface area (Å²) in [5, 5.41) is 15.5. The van der Waals surface area contributed by atoms with Gasteiger partial charge in [0, 0.05) is 23.7 Å². The van der Waals surface area contributed by atoms with E-state index < -0.39 is 0 Å². The molecule has 1 aromatic carbocycles. The summed E-state index contributed by atoms with van der Waals surface area (Å²) < 4.78 is 5.45. The van der Waals surface area contributed by atoms with Crippen molar-refractivity contribution in [3.05, 3.63) is 29.3 Å². The number of carbonyl (C=O) groups excluding carboxylic acids is 1. The molecule has 22 heavy (non-hydrogen) atoms. The highest BCUT2D eigenvalue weighted by molar-refractivity contribution is 6.30. The fraction of sp³-hybridized carbons (Fsp3) is 0.429. The summed E-state index contributed by atoms with van der Waals surface area (Å²) in [4.78, 5) is 13.1. The molecule has 3 rings (SSSR count). The van der Waals surface area contributed by atoms with E-state index in [2.05, 4.69) is 20.7 Å². The van der Waals surface area contributed by atoms with Gasteiger partial charge in [-0.2, -0.15) is 4.80 Å². The van der Waals surface area contributed by atoms with Crippen molar-refractivity contribution in [2.45, 2.75) is 25.5 Å². The topological polar surface area (TPSA) is 81.9 Å². The molecule has 0 aliphatic carbocycles. The molecular formula is C14H16ClN5O2. The average molecular weight is 322 g/mol. The van der Waals surface area contributed by atoms with Gasteiger partial charge in [0.25, 0.3) is 0 Å². The monoisotopic (exact) mass is 321 g/mol. The van der Waals surface area contributed by atoms with Gasteiger partial charge in [0.05, 0.1) is 6.10 Å². The zero-order valence-electron chi connectivity index (χ0n) is 11.9. The van der Waals surface area contributed by atoms with Gasteiger partial charge in [0.15, 0.2) is 0 Å². The van der Waals surface area contributed by atoms with E-state index in [9.17, 15) is 4.79 Å². The molecule has 1 aliphatic heterocycles. The smallest absolute Gasteiger partial charge is 0.243 e. The molecule has 7 nitrogen and oxygen atoms in total. The Morgan fingerprint density at radius 2 is 2.23 bits per heavy atom. The lowest BCUT2D eigenvalue weighted by atomic mass is 10.2. The summed E-state index contributed by atoms with van der Waals surface area (Å²) in [6, 6.07) is 7.13. The Morgan fingerprint density at radius 1 is 1.41 bits per heavy atom. The number of nitrogens with one attached hydrogen (secondary N) is 1. The van der Waals surface area contributed by atoms with Crippen LogP contribution in [0.3, 0.4) is 0 Å². The molecule has 1 saturated heterocycles. The molecule has 8 heteroatoms. The average Bonchev–Trinajstić information content (AvgIpc) is 3.17. The van der Waals surface area contributed by atoms with Crippen LogP contribution in [-0.2, 0) is 16.1 Å². The van der Waals surface area contributed by atoms with Crippen LogP contribution in [0.25, 0.3) is 11.4 Å². The predicted molar refractivity (Wildman–Crippen MR) is 80.2 cm³/mol. The standard InChI is InChI=1S/C14H16ClN5O2/c15-11-5-3-10(4-6-11)14-17-19-20(18-14)9-13(21)16-8-12-2-1-7-22-12/h3-6,12H,1-2,7-9H2,(H,16,21). The third-order valence-corrected chi connectivity index (χ3v) is 3.64. The number of halogens is 1. The second-order valence-corrected chi connectivity index (χ2v) is 5.53. The molecule has 1 unspecified atom stereocenters. The second kappa shape index (κ2) is 6.85. The Labute approximate surface area is 132 Å². The van der Waals surface area contributed by atoms with Crippen LogP contribution in [0, 0.1) is 0 Å². The summed E-state index contributed by atoms with van der Waals surface area (Å²) in [7, 11) is 0. The molecule has 1 N–H and O–H groups in total. The Morgan fingerprint density at radius 3 is 2.95 bits per heavy atom. The number of carbonyl (C=O) groups is 1. The minimum atomic E-state index is -0.157. The van der Waals surface area contributed by atoms with Crippen molar-refractivity contribution in [1.29, 1.82) is 0 Å². The lowest BCUT2D eigenvalue weighted by Crippen LogP contribution is -2.34. The van der Waals surface area contributed by atoms with E-state index in [1.807, 2.05) is 0 Å². The van der Waals surface area contributed by atoms with Crippen LogP contribution in [0.1, 0.15) is 12.8 Å². The Balaban J connectivity index is 1.54. The maximum atomic E-state index is 11.8. The molecular weight excluding hydrogens is 306 g/mol. The molecule has 1 aromatic heterocycles. The normalized spacial score (nSPS) is 17.6. The van der Waals surface area contributed by atoms with Crippen LogP contribution in [0.15, 0.2) is 24.3 Å². The molecule has 1 amide bonds. The van der Waals surface area contributed by atoms with E-state index >= 15 is 0 Å². The van der Waals surface area contributed by atoms with E-state index in [1.54, 1.807) is 24.3 Å². The second-order valence-electron chi connectivity index (χ2n) is 5.09. The quantitative estimate of drug-likeness (QED) is 0.897. The maximum absolute atomic E-state index is 11.8. The van der Waals surface area contributed by atoms with Crippen molar-refractivity contribution >= 4 is 17.5 Å². The third-order valence-electron chi connectivity index (χ3n) is 3.39. The Hall–Kier alpha value is -1.99. The minimum absolute atomic E-state index is 0.0350. The van der Waals surface area contributed by atoms with Gasteiger partial charge < -0.3 is 10.1 Å². The van der Waals surface area contributed by atoms with Gasteiger partial charge >= 0.3 is 0 Å². The zero-order valence-corrected chi connectivity index (χ0v) is 12.7. The number of hydrogen-bond acceptors (Lipinski definition) is 5. The summed E-state index contributed by atoms with van der Waals surface area (Å²) in [5.74, 6) is 0.305. The zero-order chi connectivity index (χ0) is 15.4. The van der Waals surface area contributed by atoms with Gasteiger partial charge in [-0.05, 0) is 42.3 Å². The van der Waals surface area contributed by atoms with Gasteiger partial charge in [0.1, 0.15) is 6.54 Å². The molecule has 2 aromatic rings. The van der Waals surface area contributed by atoms with Crippen molar-refractivity contribution in [3.8, 4) is 11.4 Å². The van der Waals surface area contributed by atoms with Crippen molar-refractivity contribution < 1.29 is 9.53 Å². The molecule has 0 radical (unpaired) electrons. The van der Waals surface area contributed by atoms with E-state index in [0.717, 1.165) is 25.0 Å². The number of aromatic nitrogens is 4. The SMILES string of the molecule is O=C(Cn1nnc(-c2ccc(Cl)cc2)n1)NCC1CCCO1. The summed E-state index contributed by atoms with van der Waals surface area (Å²) >= 11 is 5.84. The van der Waals surface area contributed by atoms with E-state index in [4.69, 9.17) is 16.3 Å². The van der Waals surface area contributed by atoms with Crippen LogP contribution >= 0.6 is 11.6 Å². The van der Waals surface area contributed by atoms with Crippen LogP contribution in [-0.4, -0.2) is 45.4 Å². The number of ether oxygens (including phenoxy) is 1. The summed E-state index contributed by atoms with van der Waals surface area (Å²) in [5.41, 5.74) is 0.801.